The molecule has 0 atom stereocenters. The Morgan fingerprint density at radius 1 is 1.23 bits per heavy atom. The maximum atomic E-state index is 13.6. The first-order valence-electron chi connectivity index (χ1n) is 10.4. The molecule has 3 aliphatic rings. The highest BCUT2D eigenvalue weighted by atomic mass is 19.1. The molecule has 0 unspecified atom stereocenters. The predicted molar refractivity (Wildman–Crippen MR) is 116 cm³/mol. The zero-order chi connectivity index (χ0) is 20.7. The van der Waals surface area contributed by atoms with Gasteiger partial charge in [-0.3, -0.25) is 0 Å². The van der Waals surface area contributed by atoms with Gasteiger partial charge in [0.05, 0.1) is 29.2 Å². The molecule has 0 aromatic carbocycles. The summed E-state index contributed by atoms with van der Waals surface area (Å²) in [6.45, 7) is 2.25. The maximum absolute atomic E-state index is 13.6. The summed E-state index contributed by atoms with van der Waals surface area (Å²) in [5.41, 5.74) is 2.40. The number of aliphatic imine (C=N–C) groups is 1. The first-order chi connectivity index (χ1) is 14.5. The number of hydrogen-bond acceptors (Lipinski definition) is 4. The number of nitrogens with zero attached hydrogens (tertiary/aromatic N) is 4. The molecule has 1 saturated heterocycles. The van der Waals surface area contributed by atoms with Crippen LogP contribution < -0.4 is 10.7 Å². The van der Waals surface area contributed by atoms with Crippen molar-refractivity contribution in [2.75, 3.05) is 20.1 Å². The van der Waals surface area contributed by atoms with E-state index < -0.39 is 5.60 Å². The Morgan fingerprint density at radius 2 is 2.07 bits per heavy atom. The number of halogens is 1. The Hall–Kier alpha value is -2.77. The van der Waals surface area contributed by atoms with Crippen LogP contribution in [0.2, 0.25) is 0 Å². The number of hydrogen-bond donors (Lipinski definition) is 2. The van der Waals surface area contributed by atoms with E-state index in [9.17, 15) is 9.50 Å². The molecule has 0 bridgehead atoms. The Labute approximate surface area is 174 Å². The lowest BCUT2D eigenvalue weighted by Crippen LogP contribution is -2.48. The molecule has 0 saturated carbocycles. The molecule has 2 aromatic rings. The van der Waals surface area contributed by atoms with Gasteiger partial charge in [-0.15, -0.1) is 0 Å². The summed E-state index contributed by atoms with van der Waals surface area (Å²) in [7, 11) is 2.09. The fourth-order valence-corrected chi connectivity index (χ4v) is 4.54. The van der Waals surface area contributed by atoms with Crippen LogP contribution in [0.3, 0.4) is 0 Å². The van der Waals surface area contributed by atoms with Crippen molar-refractivity contribution in [3.8, 4) is 0 Å². The molecule has 1 fully saturated rings. The number of allylic oxidation sites excluding steroid dienone is 4. The predicted octanol–water partition coefficient (Wildman–Crippen LogP) is 1.94. The van der Waals surface area contributed by atoms with Gasteiger partial charge < -0.3 is 19.6 Å². The molecule has 5 rings (SSSR count). The van der Waals surface area contributed by atoms with Crippen molar-refractivity contribution >= 4 is 23.2 Å². The molecule has 2 N–H and O–H groups in total. The average Bonchev–Trinajstić information content (AvgIpc) is 3.38. The number of likely N-dealkylation sites (tertiary alicyclic amines) is 1. The van der Waals surface area contributed by atoms with E-state index in [0.717, 1.165) is 59.2 Å². The summed E-state index contributed by atoms with van der Waals surface area (Å²) >= 11 is 0. The zero-order valence-electron chi connectivity index (χ0n) is 17.1. The Kier molecular flexibility index (Phi) is 4.79. The summed E-state index contributed by atoms with van der Waals surface area (Å²) in [6, 6.07) is 2.04. The Morgan fingerprint density at radius 3 is 2.83 bits per heavy atom. The SMILES string of the molecule is CN1CCC(O)(Cn2cnc(=C3C=CC(F)=CC3)c2=C2CC=Nc3[nH]ccc32)CC1. The second-order valence-electron chi connectivity index (χ2n) is 8.48. The topological polar surface area (TPSA) is 69.4 Å². The van der Waals surface area contributed by atoms with Gasteiger partial charge in [0.15, 0.2) is 0 Å². The van der Waals surface area contributed by atoms with E-state index in [0.29, 0.717) is 19.4 Å². The number of piperidine rings is 1. The molecule has 30 heavy (non-hydrogen) atoms. The minimum atomic E-state index is -0.761. The van der Waals surface area contributed by atoms with Gasteiger partial charge in [0.25, 0.3) is 0 Å². The second kappa shape index (κ2) is 7.49. The minimum absolute atomic E-state index is 0.217. The molecule has 6 nitrogen and oxygen atoms in total. The molecule has 7 heteroatoms. The molecule has 156 valence electrons. The lowest BCUT2D eigenvalue weighted by atomic mass is 9.91. The number of aliphatic hydroxyl groups is 1. The number of nitrogens with one attached hydrogen (secondary N) is 1. The van der Waals surface area contributed by atoms with Crippen LogP contribution in [0.1, 0.15) is 31.2 Å². The van der Waals surface area contributed by atoms with E-state index in [-0.39, 0.29) is 5.83 Å². The van der Waals surface area contributed by atoms with Gasteiger partial charge in [0.1, 0.15) is 11.6 Å². The average molecular weight is 407 g/mol. The number of rotatable bonds is 2. The van der Waals surface area contributed by atoms with E-state index in [1.807, 2.05) is 30.9 Å². The van der Waals surface area contributed by atoms with Crippen molar-refractivity contribution < 1.29 is 9.50 Å². The van der Waals surface area contributed by atoms with Gasteiger partial charge in [-0.25, -0.2) is 14.4 Å². The Balaban J connectivity index is 1.69. The second-order valence-corrected chi connectivity index (χ2v) is 8.48. The van der Waals surface area contributed by atoms with E-state index in [4.69, 9.17) is 4.98 Å². The highest BCUT2D eigenvalue weighted by Gasteiger charge is 2.32. The smallest absolute Gasteiger partial charge is 0.137 e. The number of aromatic amines is 1. The van der Waals surface area contributed by atoms with Crippen molar-refractivity contribution in [3.63, 3.8) is 0 Å². The molecule has 0 radical (unpaired) electrons. The number of aromatic nitrogens is 3. The summed E-state index contributed by atoms with van der Waals surface area (Å²) in [5.74, 6) is 0.619. The highest BCUT2D eigenvalue weighted by molar-refractivity contribution is 5.88. The number of fused-ring (bicyclic) bond motifs is 1. The van der Waals surface area contributed by atoms with Crippen LogP contribution in [-0.2, 0) is 6.54 Å². The van der Waals surface area contributed by atoms with Gasteiger partial charge in [-0.2, -0.15) is 0 Å². The first kappa shape index (κ1) is 19.2. The van der Waals surface area contributed by atoms with Crippen molar-refractivity contribution in [1.82, 2.24) is 19.4 Å². The molecule has 2 aromatic heterocycles. The monoisotopic (exact) mass is 407 g/mol. The van der Waals surface area contributed by atoms with Crippen LogP contribution in [0.25, 0.3) is 11.1 Å². The zero-order valence-corrected chi connectivity index (χ0v) is 17.1. The van der Waals surface area contributed by atoms with Crippen molar-refractivity contribution in [2.45, 2.75) is 37.8 Å². The van der Waals surface area contributed by atoms with Crippen LogP contribution in [0.15, 0.2) is 47.6 Å². The van der Waals surface area contributed by atoms with E-state index in [2.05, 4.69) is 26.5 Å². The number of H-pyrrole nitrogens is 1. The molecular weight excluding hydrogens is 381 g/mol. The third kappa shape index (κ3) is 3.48. The molecule has 1 aliphatic carbocycles. The summed E-state index contributed by atoms with van der Waals surface area (Å²) in [5, 5.41) is 13.1. The standard InChI is InChI=1S/C23H26FN5O/c1-28-12-8-23(30,9-13-28)14-29-15-27-20(16-2-4-17(24)5-3-16)21(29)18-6-10-25-22-19(18)7-11-26-22/h2,4-5,7,10-11,15,26,30H,3,6,8-9,12-14H2,1H3. The van der Waals surface area contributed by atoms with Gasteiger partial charge in [-0.05, 0) is 55.7 Å². The lowest BCUT2D eigenvalue weighted by molar-refractivity contribution is -0.0296. The van der Waals surface area contributed by atoms with E-state index >= 15 is 0 Å². The fourth-order valence-electron chi connectivity index (χ4n) is 4.54. The van der Waals surface area contributed by atoms with Gasteiger partial charge in [0, 0.05) is 37.5 Å². The minimum Gasteiger partial charge on any atom is -0.388 e. The largest absolute Gasteiger partial charge is 0.388 e. The quantitative estimate of drug-likeness (QED) is 0.799. The third-order valence-electron chi connectivity index (χ3n) is 6.34. The van der Waals surface area contributed by atoms with Gasteiger partial charge in [-0.1, -0.05) is 6.08 Å². The first-order valence-corrected chi connectivity index (χ1v) is 10.4. The normalized spacial score (nSPS) is 24.7. The molecular formula is C23H26FN5O. The molecule has 2 aliphatic heterocycles. The highest BCUT2D eigenvalue weighted by Crippen LogP contribution is 2.29. The van der Waals surface area contributed by atoms with Crippen molar-refractivity contribution in [1.29, 1.82) is 0 Å². The third-order valence-corrected chi connectivity index (χ3v) is 6.34. The van der Waals surface area contributed by atoms with Crippen LogP contribution in [0, 0.1) is 0 Å². The summed E-state index contributed by atoms with van der Waals surface area (Å²) < 4.78 is 15.6. The van der Waals surface area contributed by atoms with Gasteiger partial charge >= 0.3 is 0 Å². The molecule has 0 amide bonds. The van der Waals surface area contributed by atoms with E-state index in [1.54, 1.807) is 6.08 Å². The molecule has 0 spiro atoms. The van der Waals surface area contributed by atoms with Gasteiger partial charge in [0.2, 0.25) is 0 Å². The molecule has 4 heterocycles. The Bertz CT molecular complexity index is 1170. The summed E-state index contributed by atoms with van der Waals surface area (Å²) in [6.07, 6.45) is 13.1. The lowest BCUT2D eigenvalue weighted by Gasteiger charge is -2.36. The number of imidazole rings is 1. The van der Waals surface area contributed by atoms with Crippen LogP contribution in [-0.4, -0.2) is 56.5 Å². The summed E-state index contributed by atoms with van der Waals surface area (Å²) in [4.78, 5) is 14.6. The van der Waals surface area contributed by atoms with E-state index in [1.165, 1.54) is 6.08 Å². The van der Waals surface area contributed by atoms with Crippen LogP contribution >= 0.6 is 0 Å². The van der Waals surface area contributed by atoms with Crippen LogP contribution in [0.5, 0.6) is 0 Å². The van der Waals surface area contributed by atoms with Crippen molar-refractivity contribution in [3.05, 3.63) is 58.9 Å². The maximum Gasteiger partial charge on any atom is 0.137 e. The fraction of sp³-hybridized carbons (Fsp3) is 0.391. The van der Waals surface area contributed by atoms with Crippen molar-refractivity contribution in [2.24, 2.45) is 4.99 Å². The van der Waals surface area contributed by atoms with Crippen LogP contribution in [0.4, 0.5) is 10.2 Å².